The van der Waals surface area contributed by atoms with E-state index in [4.69, 9.17) is 0 Å². The Morgan fingerprint density at radius 1 is 1.19 bits per heavy atom. The molecule has 0 unspecified atom stereocenters. The molecule has 1 aromatic carbocycles. The Morgan fingerprint density at radius 2 is 2.05 bits per heavy atom. The second-order valence-electron chi connectivity index (χ2n) is 4.85. The van der Waals surface area contributed by atoms with Crippen LogP contribution in [0.5, 0.6) is 0 Å². The Kier molecular flexibility index (Phi) is 3.97. The zero-order chi connectivity index (χ0) is 14.9. The minimum atomic E-state index is -3.63. The molecule has 0 radical (unpaired) electrons. The zero-order valence-electron chi connectivity index (χ0n) is 11.1. The number of anilines is 1. The normalized spacial score (nSPS) is 14.5. The molecule has 0 spiro atoms. The van der Waals surface area contributed by atoms with Crippen LogP contribution >= 0.6 is 15.9 Å². The number of nitrogens with zero attached hydrogens (tertiary/aromatic N) is 1. The van der Waals surface area contributed by atoms with E-state index in [0.29, 0.717) is 10.2 Å². The lowest BCUT2D eigenvalue weighted by atomic mass is 10.0. The summed E-state index contributed by atoms with van der Waals surface area (Å²) < 4.78 is 27.9. The van der Waals surface area contributed by atoms with Crippen molar-refractivity contribution in [2.45, 2.75) is 17.9 Å². The van der Waals surface area contributed by atoms with Crippen LogP contribution in [-0.4, -0.2) is 19.9 Å². The molecule has 0 fully saturated rings. The van der Waals surface area contributed by atoms with Gasteiger partial charge in [0.2, 0.25) is 0 Å². The molecule has 5 nitrogen and oxygen atoms in total. The molecule has 0 aliphatic carbocycles. The summed E-state index contributed by atoms with van der Waals surface area (Å²) in [5.74, 6) is 0. The Bertz CT molecular complexity index is 778. The first-order valence-electron chi connectivity index (χ1n) is 6.50. The van der Waals surface area contributed by atoms with E-state index in [9.17, 15) is 8.42 Å². The summed E-state index contributed by atoms with van der Waals surface area (Å²) in [7, 11) is -3.63. The maximum Gasteiger partial charge on any atom is 0.263 e. The van der Waals surface area contributed by atoms with Crippen molar-refractivity contribution in [1.82, 2.24) is 10.3 Å². The van der Waals surface area contributed by atoms with E-state index < -0.39 is 10.0 Å². The first-order chi connectivity index (χ1) is 10.0. The fourth-order valence-electron chi connectivity index (χ4n) is 2.30. The molecule has 110 valence electrons. The molecule has 2 heterocycles. The van der Waals surface area contributed by atoms with Crippen LogP contribution in [0.15, 0.2) is 46.0 Å². The van der Waals surface area contributed by atoms with Crippen molar-refractivity contribution in [2.75, 3.05) is 11.3 Å². The summed E-state index contributed by atoms with van der Waals surface area (Å²) in [5, 5.41) is 3.28. The number of sulfonamides is 1. The number of benzene rings is 1. The second kappa shape index (κ2) is 5.75. The molecule has 3 rings (SSSR count). The first-order valence-corrected chi connectivity index (χ1v) is 8.78. The SMILES string of the molecule is O=S(=O)(Nc1ccc2c(c1)CNCC2)c1cncc(Br)c1. The summed E-state index contributed by atoms with van der Waals surface area (Å²) in [4.78, 5) is 4.02. The van der Waals surface area contributed by atoms with Crippen LogP contribution < -0.4 is 10.0 Å². The summed E-state index contributed by atoms with van der Waals surface area (Å²) >= 11 is 3.23. The predicted molar refractivity (Wildman–Crippen MR) is 84.6 cm³/mol. The van der Waals surface area contributed by atoms with Gasteiger partial charge in [0.1, 0.15) is 4.90 Å². The van der Waals surface area contributed by atoms with Gasteiger partial charge in [-0.1, -0.05) is 6.07 Å². The van der Waals surface area contributed by atoms with Crippen molar-refractivity contribution in [3.8, 4) is 0 Å². The van der Waals surface area contributed by atoms with Gasteiger partial charge in [0.25, 0.3) is 10.0 Å². The smallest absolute Gasteiger partial charge is 0.263 e. The quantitative estimate of drug-likeness (QED) is 0.872. The van der Waals surface area contributed by atoms with E-state index in [-0.39, 0.29) is 4.90 Å². The highest BCUT2D eigenvalue weighted by atomic mass is 79.9. The molecule has 0 saturated carbocycles. The third-order valence-corrected chi connectivity index (χ3v) is 5.12. The second-order valence-corrected chi connectivity index (χ2v) is 7.45. The molecule has 0 saturated heterocycles. The number of halogens is 1. The van der Waals surface area contributed by atoms with Crippen molar-refractivity contribution in [2.24, 2.45) is 0 Å². The maximum absolute atomic E-state index is 12.3. The monoisotopic (exact) mass is 367 g/mol. The highest BCUT2D eigenvalue weighted by Gasteiger charge is 2.16. The van der Waals surface area contributed by atoms with Crippen molar-refractivity contribution in [3.05, 3.63) is 52.3 Å². The minimum Gasteiger partial charge on any atom is -0.312 e. The fraction of sp³-hybridized carbons (Fsp3) is 0.214. The molecule has 2 N–H and O–H groups in total. The van der Waals surface area contributed by atoms with Gasteiger partial charge in [-0.2, -0.15) is 0 Å². The standard InChI is InChI=1S/C14H14BrN3O2S/c15-12-6-14(9-17-8-12)21(19,20)18-13-2-1-10-3-4-16-7-11(10)5-13/h1-2,5-6,8-9,16,18H,3-4,7H2. The van der Waals surface area contributed by atoms with Gasteiger partial charge in [-0.15, -0.1) is 0 Å². The molecule has 1 aromatic heterocycles. The molecule has 2 aromatic rings. The predicted octanol–water partition coefficient (Wildman–Crippen LogP) is 2.29. The summed E-state index contributed by atoms with van der Waals surface area (Å²) in [5.41, 5.74) is 2.96. The van der Waals surface area contributed by atoms with Gasteiger partial charge >= 0.3 is 0 Å². The molecular weight excluding hydrogens is 354 g/mol. The highest BCUT2D eigenvalue weighted by molar-refractivity contribution is 9.10. The van der Waals surface area contributed by atoms with Crippen LogP contribution in [-0.2, 0) is 23.0 Å². The molecule has 1 aliphatic heterocycles. The lowest BCUT2D eigenvalue weighted by Crippen LogP contribution is -2.23. The highest BCUT2D eigenvalue weighted by Crippen LogP contribution is 2.22. The van der Waals surface area contributed by atoms with Crippen LogP contribution in [0, 0.1) is 0 Å². The summed E-state index contributed by atoms with van der Waals surface area (Å²) in [6, 6.07) is 7.18. The van der Waals surface area contributed by atoms with E-state index in [2.05, 4.69) is 31.0 Å². The van der Waals surface area contributed by atoms with Gasteiger partial charge < -0.3 is 5.32 Å². The molecular formula is C14H14BrN3O2S. The van der Waals surface area contributed by atoms with E-state index >= 15 is 0 Å². The van der Waals surface area contributed by atoms with Crippen LogP contribution in [0.2, 0.25) is 0 Å². The molecule has 0 bridgehead atoms. The van der Waals surface area contributed by atoms with Crippen LogP contribution in [0.1, 0.15) is 11.1 Å². The number of fused-ring (bicyclic) bond motifs is 1. The van der Waals surface area contributed by atoms with E-state index in [0.717, 1.165) is 25.1 Å². The van der Waals surface area contributed by atoms with Gasteiger partial charge in [-0.25, -0.2) is 8.42 Å². The maximum atomic E-state index is 12.3. The Balaban J connectivity index is 1.89. The van der Waals surface area contributed by atoms with Crippen LogP contribution in [0.3, 0.4) is 0 Å². The van der Waals surface area contributed by atoms with Gasteiger partial charge in [0.05, 0.1) is 0 Å². The zero-order valence-corrected chi connectivity index (χ0v) is 13.5. The Morgan fingerprint density at radius 3 is 2.86 bits per heavy atom. The van der Waals surface area contributed by atoms with Crippen molar-refractivity contribution in [1.29, 1.82) is 0 Å². The lowest BCUT2D eigenvalue weighted by Gasteiger charge is -2.18. The first kappa shape index (κ1) is 14.5. The molecule has 21 heavy (non-hydrogen) atoms. The van der Waals surface area contributed by atoms with Crippen molar-refractivity contribution < 1.29 is 8.42 Å². The number of aromatic nitrogens is 1. The fourth-order valence-corrected chi connectivity index (χ4v) is 3.85. The van der Waals surface area contributed by atoms with Gasteiger partial charge in [0.15, 0.2) is 0 Å². The van der Waals surface area contributed by atoms with Gasteiger partial charge in [0, 0.05) is 29.1 Å². The van der Waals surface area contributed by atoms with Crippen molar-refractivity contribution in [3.63, 3.8) is 0 Å². The number of rotatable bonds is 3. The lowest BCUT2D eigenvalue weighted by molar-refractivity contribution is 0.600. The van der Waals surface area contributed by atoms with Gasteiger partial charge in [-0.05, 0) is 58.2 Å². The van der Waals surface area contributed by atoms with E-state index in [1.165, 1.54) is 17.8 Å². The molecule has 7 heteroatoms. The van der Waals surface area contributed by atoms with E-state index in [1.54, 1.807) is 12.3 Å². The number of pyridine rings is 1. The van der Waals surface area contributed by atoms with Crippen molar-refractivity contribution >= 4 is 31.6 Å². The average Bonchev–Trinajstić information content (AvgIpc) is 2.47. The molecule has 0 amide bonds. The largest absolute Gasteiger partial charge is 0.312 e. The third-order valence-electron chi connectivity index (χ3n) is 3.34. The number of hydrogen-bond acceptors (Lipinski definition) is 4. The van der Waals surface area contributed by atoms with Gasteiger partial charge in [-0.3, -0.25) is 9.71 Å². The molecule has 0 atom stereocenters. The summed E-state index contributed by atoms with van der Waals surface area (Å²) in [6.07, 6.45) is 3.84. The Labute approximate surface area is 132 Å². The van der Waals surface area contributed by atoms with Crippen LogP contribution in [0.4, 0.5) is 5.69 Å². The molecule has 1 aliphatic rings. The van der Waals surface area contributed by atoms with E-state index in [1.807, 2.05) is 12.1 Å². The minimum absolute atomic E-state index is 0.132. The topological polar surface area (TPSA) is 71.1 Å². The average molecular weight is 368 g/mol. The number of nitrogens with one attached hydrogen (secondary N) is 2. The summed E-state index contributed by atoms with van der Waals surface area (Å²) in [6.45, 7) is 1.73. The third kappa shape index (κ3) is 3.25. The Hall–Kier alpha value is -1.44. The van der Waals surface area contributed by atoms with Crippen LogP contribution in [0.25, 0.3) is 0 Å². The number of hydrogen-bond donors (Lipinski definition) is 2.